The van der Waals surface area contributed by atoms with Crippen molar-refractivity contribution in [1.29, 1.82) is 0 Å². The van der Waals surface area contributed by atoms with E-state index in [2.05, 4.69) is 10.4 Å². The summed E-state index contributed by atoms with van der Waals surface area (Å²) in [6.45, 7) is 3.47. The van der Waals surface area contributed by atoms with Crippen molar-refractivity contribution in [2.45, 2.75) is 32.0 Å². The Bertz CT molecular complexity index is 770. The number of aromatic nitrogens is 2. The summed E-state index contributed by atoms with van der Waals surface area (Å²) < 4.78 is 20.5. The molecule has 4 rings (SSSR count). The first-order valence-electron chi connectivity index (χ1n) is 8.67. The lowest BCUT2D eigenvalue weighted by molar-refractivity contribution is 0.0579. The van der Waals surface area contributed by atoms with Crippen molar-refractivity contribution in [3.8, 4) is 5.75 Å². The molecule has 132 valence electrons. The monoisotopic (exact) mass is 344 g/mol. The Morgan fingerprint density at radius 3 is 3.04 bits per heavy atom. The van der Waals surface area contributed by atoms with Crippen LogP contribution in [0, 0.1) is 5.82 Å². The number of amides is 1. The van der Waals surface area contributed by atoms with E-state index in [1.165, 1.54) is 12.1 Å². The molecule has 6 nitrogen and oxygen atoms in total. The Morgan fingerprint density at radius 1 is 1.32 bits per heavy atom. The van der Waals surface area contributed by atoms with Crippen LogP contribution in [-0.4, -0.2) is 46.3 Å². The molecule has 1 aromatic carbocycles. The van der Waals surface area contributed by atoms with Crippen LogP contribution in [0.1, 0.15) is 29.0 Å². The molecular formula is C18H21FN4O2. The summed E-state index contributed by atoms with van der Waals surface area (Å²) >= 11 is 0. The van der Waals surface area contributed by atoms with Crippen molar-refractivity contribution in [3.63, 3.8) is 0 Å². The molecular weight excluding hydrogens is 323 g/mol. The first-order chi connectivity index (χ1) is 12.2. The highest BCUT2D eigenvalue weighted by atomic mass is 19.1. The highest BCUT2D eigenvalue weighted by molar-refractivity contribution is 5.93. The summed E-state index contributed by atoms with van der Waals surface area (Å²) in [5, 5.41) is 7.81. The number of carbonyl (C=O) groups is 1. The van der Waals surface area contributed by atoms with Gasteiger partial charge in [-0.25, -0.2) is 4.39 Å². The van der Waals surface area contributed by atoms with Crippen molar-refractivity contribution < 1.29 is 13.9 Å². The molecule has 1 N–H and O–H groups in total. The van der Waals surface area contributed by atoms with E-state index in [1.807, 2.05) is 4.90 Å². The van der Waals surface area contributed by atoms with Crippen molar-refractivity contribution >= 4 is 5.91 Å². The molecule has 2 aliphatic rings. The smallest absolute Gasteiger partial charge is 0.272 e. The minimum atomic E-state index is -0.339. The van der Waals surface area contributed by atoms with Gasteiger partial charge in [-0.3, -0.25) is 9.48 Å². The number of rotatable bonds is 4. The average Bonchev–Trinajstić information content (AvgIpc) is 3.05. The second-order valence-corrected chi connectivity index (χ2v) is 6.49. The molecule has 0 saturated carbocycles. The van der Waals surface area contributed by atoms with E-state index in [9.17, 15) is 9.18 Å². The number of ether oxygens (including phenoxy) is 1. The summed E-state index contributed by atoms with van der Waals surface area (Å²) in [5.74, 6) is 0.144. The highest BCUT2D eigenvalue weighted by Gasteiger charge is 2.32. The minimum absolute atomic E-state index is 0.0319. The third-order valence-corrected chi connectivity index (χ3v) is 4.76. The summed E-state index contributed by atoms with van der Waals surface area (Å²) in [4.78, 5) is 14.8. The third kappa shape index (κ3) is 3.37. The molecule has 1 saturated heterocycles. The summed E-state index contributed by atoms with van der Waals surface area (Å²) in [5.41, 5.74) is 1.28. The van der Waals surface area contributed by atoms with Crippen LogP contribution in [0.3, 0.4) is 0 Å². The summed E-state index contributed by atoms with van der Waals surface area (Å²) in [6, 6.07) is 8.04. The normalized spacial score (nSPS) is 20.4. The lowest BCUT2D eigenvalue weighted by Crippen LogP contribution is -2.52. The lowest BCUT2D eigenvalue weighted by atomic mass is 10.0. The van der Waals surface area contributed by atoms with E-state index in [-0.39, 0.29) is 24.4 Å². The first kappa shape index (κ1) is 16.1. The number of fused-ring (bicyclic) bond motifs is 1. The zero-order valence-corrected chi connectivity index (χ0v) is 13.9. The molecule has 0 spiro atoms. The van der Waals surface area contributed by atoms with Gasteiger partial charge >= 0.3 is 0 Å². The van der Waals surface area contributed by atoms with Gasteiger partial charge in [0.15, 0.2) is 0 Å². The van der Waals surface area contributed by atoms with Gasteiger partial charge < -0.3 is 15.0 Å². The Kier molecular flexibility index (Phi) is 4.40. The fraction of sp³-hybridized carbons (Fsp3) is 0.444. The molecule has 7 heteroatoms. The molecule has 2 aliphatic heterocycles. The topological polar surface area (TPSA) is 59.4 Å². The molecule has 3 heterocycles. The van der Waals surface area contributed by atoms with Crippen molar-refractivity contribution in [2.24, 2.45) is 0 Å². The van der Waals surface area contributed by atoms with Gasteiger partial charge in [0.1, 0.15) is 29.6 Å². The van der Waals surface area contributed by atoms with Crippen LogP contribution in [0.15, 0.2) is 30.3 Å². The summed E-state index contributed by atoms with van der Waals surface area (Å²) in [6.07, 6.45) is 2.14. The second-order valence-electron chi connectivity index (χ2n) is 6.49. The Labute approximate surface area is 145 Å². The predicted octanol–water partition coefficient (Wildman–Crippen LogP) is 1.81. The molecule has 1 fully saturated rings. The van der Waals surface area contributed by atoms with Gasteiger partial charge in [-0.15, -0.1) is 0 Å². The van der Waals surface area contributed by atoms with Gasteiger partial charge in [0.05, 0.1) is 6.54 Å². The summed E-state index contributed by atoms with van der Waals surface area (Å²) in [7, 11) is 0. The molecule has 1 amide bonds. The van der Waals surface area contributed by atoms with Gasteiger partial charge in [-0.2, -0.15) is 5.10 Å². The maximum atomic E-state index is 13.2. The van der Waals surface area contributed by atoms with Gasteiger partial charge in [0.25, 0.3) is 5.91 Å². The number of nitrogens with one attached hydrogen (secondary N) is 1. The largest absolute Gasteiger partial charge is 0.487 e. The fourth-order valence-electron chi connectivity index (χ4n) is 3.50. The second kappa shape index (κ2) is 6.84. The number of halogens is 1. The number of nitrogens with zero attached hydrogens (tertiary/aromatic N) is 3. The SMILES string of the molecule is O=C1c2cc(COc3cccc(F)c3)nn2CCN1[C@@H]1CCCNC1. The van der Waals surface area contributed by atoms with Crippen LogP contribution in [0.4, 0.5) is 4.39 Å². The highest BCUT2D eigenvalue weighted by Crippen LogP contribution is 2.20. The van der Waals surface area contributed by atoms with Crippen LogP contribution < -0.4 is 10.1 Å². The number of hydrogen-bond donors (Lipinski definition) is 1. The van der Waals surface area contributed by atoms with Crippen LogP contribution >= 0.6 is 0 Å². The van der Waals surface area contributed by atoms with E-state index in [0.29, 0.717) is 30.2 Å². The van der Waals surface area contributed by atoms with Crippen molar-refractivity contribution in [2.75, 3.05) is 19.6 Å². The quantitative estimate of drug-likeness (QED) is 0.919. The van der Waals surface area contributed by atoms with E-state index in [0.717, 1.165) is 25.9 Å². The predicted molar refractivity (Wildman–Crippen MR) is 89.9 cm³/mol. The van der Waals surface area contributed by atoms with Gasteiger partial charge in [0.2, 0.25) is 0 Å². The van der Waals surface area contributed by atoms with E-state index in [4.69, 9.17) is 4.74 Å². The number of hydrogen-bond acceptors (Lipinski definition) is 4. The third-order valence-electron chi connectivity index (χ3n) is 4.76. The molecule has 2 aromatic rings. The maximum absolute atomic E-state index is 13.2. The number of piperidine rings is 1. The van der Waals surface area contributed by atoms with Gasteiger partial charge in [-0.05, 0) is 37.6 Å². The fourth-order valence-corrected chi connectivity index (χ4v) is 3.50. The minimum Gasteiger partial charge on any atom is -0.487 e. The average molecular weight is 344 g/mol. The molecule has 25 heavy (non-hydrogen) atoms. The Morgan fingerprint density at radius 2 is 2.24 bits per heavy atom. The van der Waals surface area contributed by atoms with Crippen LogP contribution in [0.25, 0.3) is 0 Å². The molecule has 1 atom stereocenters. The van der Waals surface area contributed by atoms with Gasteiger partial charge in [0, 0.05) is 25.2 Å². The van der Waals surface area contributed by atoms with E-state index in [1.54, 1.807) is 22.9 Å². The van der Waals surface area contributed by atoms with Gasteiger partial charge in [-0.1, -0.05) is 6.07 Å². The van der Waals surface area contributed by atoms with Crippen molar-refractivity contribution in [1.82, 2.24) is 20.0 Å². The standard InChI is InChI=1S/C18H21FN4O2/c19-13-3-1-5-16(9-13)25-12-14-10-17-18(24)22(7-8-23(17)21-14)15-4-2-6-20-11-15/h1,3,5,9-10,15,20H,2,4,6-8,11-12H2/t15-/m1/s1. The zero-order chi connectivity index (χ0) is 17.2. The molecule has 0 unspecified atom stereocenters. The van der Waals surface area contributed by atoms with E-state index < -0.39 is 0 Å². The zero-order valence-electron chi connectivity index (χ0n) is 13.9. The lowest BCUT2D eigenvalue weighted by Gasteiger charge is -2.37. The first-order valence-corrected chi connectivity index (χ1v) is 8.67. The van der Waals surface area contributed by atoms with E-state index >= 15 is 0 Å². The number of carbonyl (C=O) groups excluding carboxylic acids is 1. The Hall–Kier alpha value is -2.41. The molecule has 1 aromatic heterocycles. The van der Waals surface area contributed by atoms with Crippen LogP contribution in [0.2, 0.25) is 0 Å². The maximum Gasteiger partial charge on any atom is 0.272 e. The van der Waals surface area contributed by atoms with Crippen LogP contribution in [-0.2, 0) is 13.2 Å². The van der Waals surface area contributed by atoms with Crippen LogP contribution in [0.5, 0.6) is 5.75 Å². The molecule has 0 radical (unpaired) electrons. The Balaban J connectivity index is 1.45. The van der Waals surface area contributed by atoms with Crippen molar-refractivity contribution in [3.05, 3.63) is 47.5 Å². The molecule has 0 bridgehead atoms. The molecule has 0 aliphatic carbocycles. The number of benzene rings is 1.